The van der Waals surface area contributed by atoms with Crippen molar-refractivity contribution in [3.8, 4) is 0 Å². The van der Waals surface area contributed by atoms with E-state index in [0.29, 0.717) is 30.8 Å². The van der Waals surface area contributed by atoms with Crippen molar-refractivity contribution in [3.05, 3.63) is 48.3 Å². The Morgan fingerprint density at radius 2 is 2.17 bits per heavy atom. The summed E-state index contributed by atoms with van der Waals surface area (Å²) in [7, 11) is 1.56. The minimum atomic E-state index is -0.277. The lowest BCUT2D eigenvalue weighted by atomic mass is 10.1. The molecule has 1 aliphatic rings. The Kier molecular flexibility index (Phi) is 4.18. The van der Waals surface area contributed by atoms with Gasteiger partial charge >= 0.3 is 0 Å². The highest BCUT2D eigenvalue weighted by Gasteiger charge is 2.21. The quantitative estimate of drug-likeness (QED) is 0.928. The number of benzene rings is 1. The van der Waals surface area contributed by atoms with Gasteiger partial charge < -0.3 is 5.32 Å². The summed E-state index contributed by atoms with van der Waals surface area (Å²) in [6, 6.07) is 9.44. The van der Waals surface area contributed by atoms with E-state index >= 15 is 0 Å². The molecule has 1 aromatic heterocycles. The Morgan fingerprint density at radius 1 is 1.30 bits per heavy atom. The maximum absolute atomic E-state index is 12.3. The molecule has 2 amide bonds. The van der Waals surface area contributed by atoms with Gasteiger partial charge in [0.05, 0.1) is 6.54 Å². The van der Waals surface area contributed by atoms with Crippen molar-refractivity contribution in [2.45, 2.75) is 19.4 Å². The van der Waals surface area contributed by atoms with E-state index in [4.69, 9.17) is 0 Å². The molecule has 2 aromatic rings. The summed E-state index contributed by atoms with van der Waals surface area (Å²) in [5.41, 5.74) is 2.09. The van der Waals surface area contributed by atoms with Crippen LogP contribution in [-0.2, 0) is 16.1 Å². The highest BCUT2D eigenvalue weighted by Crippen LogP contribution is 2.14. The number of aromatic nitrogens is 2. The number of amides is 2. The molecule has 118 valence electrons. The third kappa shape index (κ3) is 3.63. The molecule has 1 N–H and O–H groups in total. The van der Waals surface area contributed by atoms with Gasteiger partial charge in [0, 0.05) is 38.0 Å². The van der Waals surface area contributed by atoms with E-state index in [-0.39, 0.29) is 11.8 Å². The summed E-state index contributed by atoms with van der Waals surface area (Å²) in [6.45, 7) is 0.634. The van der Waals surface area contributed by atoms with Crippen LogP contribution < -0.4 is 5.32 Å². The first kappa shape index (κ1) is 15.0. The Bertz CT molecular complexity index is 752. The topological polar surface area (TPSA) is 79.6 Å². The highest BCUT2D eigenvalue weighted by atomic mass is 16.2. The SMILES string of the molecule is CN1N=C(C(=O)Nc2cccc(Cn3cccn3)c2)CCC1=O. The Morgan fingerprint density at radius 3 is 2.91 bits per heavy atom. The minimum Gasteiger partial charge on any atom is -0.321 e. The van der Waals surface area contributed by atoms with Crippen molar-refractivity contribution in [3.63, 3.8) is 0 Å². The lowest BCUT2D eigenvalue weighted by Gasteiger charge is -2.19. The number of carbonyl (C=O) groups is 2. The Labute approximate surface area is 133 Å². The number of hydrogen-bond donors (Lipinski definition) is 1. The van der Waals surface area contributed by atoms with Crippen LogP contribution in [0.1, 0.15) is 18.4 Å². The first-order chi connectivity index (χ1) is 11.1. The van der Waals surface area contributed by atoms with Crippen LogP contribution in [0.5, 0.6) is 0 Å². The summed E-state index contributed by atoms with van der Waals surface area (Å²) in [6.07, 6.45) is 4.28. The zero-order chi connectivity index (χ0) is 16.2. The number of nitrogens with zero attached hydrogens (tertiary/aromatic N) is 4. The second-order valence-corrected chi connectivity index (χ2v) is 5.32. The molecule has 0 spiro atoms. The van der Waals surface area contributed by atoms with Crippen molar-refractivity contribution >= 4 is 23.2 Å². The standard InChI is InChI=1S/C16H17N5O2/c1-20-15(22)7-6-14(19-20)16(23)18-13-5-2-4-12(10-13)11-21-9-3-8-17-21/h2-5,8-10H,6-7,11H2,1H3,(H,18,23). The summed E-state index contributed by atoms with van der Waals surface area (Å²) < 4.78 is 1.81. The number of nitrogens with one attached hydrogen (secondary N) is 1. The van der Waals surface area contributed by atoms with Crippen LogP contribution in [0.15, 0.2) is 47.8 Å². The third-order valence-electron chi connectivity index (χ3n) is 3.56. The average molecular weight is 311 g/mol. The molecule has 3 rings (SSSR count). The predicted molar refractivity (Wildman–Crippen MR) is 85.8 cm³/mol. The van der Waals surface area contributed by atoms with Crippen LogP contribution in [0.2, 0.25) is 0 Å². The monoisotopic (exact) mass is 311 g/mol. The van der Waals surface area contributed by atoms with Crippen molar-refractivity contribution in [2.75, 3.05) is 12.4 Å². The average Bonchev–Trinajstić information content (AvgIpc) is 3.03. The molecule has 0 fully saturated rings. The maximum Gasteiger partial charge on any atom is 0.271 e. The van der Waals surface area contributed by atoms with Crippen molar-refractivity contribution < 1.29 is 9.59 Å². The van der Waals surface area contributed by atoms with Crippen molar-refractivity contribution in [1.29, 1.82) is 0 Å². The zero-order valence-electron chi connectivity index (χ0n) is 12.8. The van der Waals surface area contributed by atoms with Gasteiger partial charge in [-0.1, -0.05) is 12.1 Å². The number of carbonyl (C=O) groups excluding carboxylic acids is 2. The third-order valence-corrected chi connectivity index (χ3v) is 3.56. The molecule has 7 nitrogen and oxygen atoms in total. The molecule has 23 heavy (non-hydrogen) atoms. The van der Waals surface area contributed by atoms with Gasteiger partial charge in [-0.15, -0.1) is 0 Å². The molecular formula is C16H17N5O2. The van der Waals surface area contributed by atoms with E-state index in [9.17, 15) is 9.59 Å². The molecule has 1 aliphatic heterocycles. The summed E-state index contributed by atoms with van der Waals surface area (Å²) in [5, 5.41) is 12.2. The zero-order valence-corrected chi connectivity index (χ0v) is 12.8. The number of hydrogen-bond acceptors (Lipinski definition) is 4. The first-order valence-corrected chi connectivity index (χ1v) is 7.33. The van der Waals surface area contributed by atoms with E-state index in [0.717, 1.165) is 5.56 Å². The molecule has 7 heteroatoms. The van der Waals surface area contributed by atoms with Gasteiger partial charge in [-0.05, 0) is 23.8 Å². The van der Waals surface area contributed by atoms with Gasteiger partial charge in [0.1, 0.15) is 5.71 Å². The largest absolute Gasteiger partial charge is 0.321 e. The van der Waals surface area contributed by atoms with Crippen LogP contribution in [0, 0.1) is 0 Å². The van der Waals surface area contributed by atoms with Gasteiger partial charge in [0.15, 0.2) is 0 Å². The molecule has 2 heterocycles. The van der Waals surface area contributed by atoms with E-state index in [1.165, 1.54) is 5.01 Å². The van der Waals surface area contributed by atoms with Gasteiger partial charge in [-0.25, -0.2) is 5.01 Å². The smallest absolute Gasteiger partial charge is 0.271 e. The normalized spacial score (nSPS) is 14.6. The van der Waals surface area contributed by atoms with Gasteiger partial charge in [0.25, 0.3) is 5.91 Å². The molecule has 0 aliphatic carbocycles. The molecule has 0 saturated heterocycles. The van der Waals surface area contributed by atoms with E-state index in [2.05, 4.69) is 15.5 Å². The lowest BCUT2D eigenvalue weighted by molar-refractivity contribution is -0.130. The molecule has 0 atom stereocenters. The lowest BCUT2D eigenvalue weighted by Crippen LogP contribution is -2.34. The van der Waals surface area contributed by atoms with E-state index < -0.39 is 0 Å². The number of hydrazone groups is 1. The predicted octanol–water partition coefficient (Wildman–Crippen LogP) is 1.48. The fourth-order valence-electron chi connectivity index (χ4n) is 2.36. The molecule has 0 bridgehead atoms. The molecular weight excluding hydrogens is 294 g/mol. The fraction of sp³-hybridized carbons (Fsp3) is 0.250. The molecule has 0 unspecified atom stereocenters. The summed E-state index contributed by atoms with van der Waals surface area (Å²) in [4.78, 5) is 23.6. The van der Waals surface area contributed by atoms with Crippen LogP contribution in [0.4, 0.5) is 5.69 Å². The van der Waals surface area contributed by atoms with Crippen LogP contribution >= 0.6 is 0 Å². The Balaban J connectivity index is 1.69. The van der Waals surface area contributed by atoms with Gasteiger partial charge in [-0.3, -0.25) is 14.3 Å². The maximum atomic E-state index is 12.3. The highest BCUT2D eigenvalue weighted by molar-refractivity contribution is 6.43. The van der Waals surface area contributed by atoms with Crippen molar-refractivity contribution in [1.82, 2.24) is 14.8 Å². The van der Waals surface area contributed by atoms with Crippen molar-refractivity contribution in [2.24, 2.45) is 5.10 Å². The summed E-state index contributed by atoms with van der Waals surface area (Å²) in [5.74, 6) is -0.358. The fourth-order valence-corrected chi connectivity index (χ4v) is 2.36. The van der Waals surface area contributed by atoms with Crippen LogP contribution in [0.25, 0.3) is 0 Å². The van der Waals surface area contributed by atoms with Gasteiger partial charge in [-0.2, -0.15) is 10.2 Å². The molecule has 0 radical (unpaired) electrons. The Hall–Kier alpha value is -2.96. The van der Waals surface area contributed by atoms with Crippen LogP contribution in [0.3, 0.4) is 0 Å². The number of rotatable bonds is 4. The molecule has 0 saturated carbocycles. The van der Waals surface area contributed by atoms with Crippen LogP contribution in [-0.4, -0.2) is 39.4 Å². The van der Waals surface area contributed by atoms with Gasteiger partial charge in [0.2, 0.25) is 5.91 Å². The summed E-state index contributed by atoms with van der Waals surface area (Å²) >= 11 is 0. The first-order valence-electron chi connectivity index (χ1n) is 7.33. The minimum absolute atomic E-state index is 0.0808. The van der Waals surface area contributed by atoms with E-state index in [1.54, 1.807) is 13.2 Å². The molecule has 1 aromatic carbocycles. The van der Waals surface area contributed by atoms with E-state index in [1.807, 2.05) is 41.2 Å². The second-order valence-electron chi connectivity index (χ2n) is 5.32. The number of anilines is 1. The second kappa shape index (κ2) is 6.43.